The zero-order valence-corrected chi connectivity index (χ0v) is 11.6. The largest absolute Gasteiger partial charge is 0.384 e. The van der Waals surface area contributed by atoms with E-state index in [0.29, 0.717) is 11.4 Å². The molecule has 0 aliphatic heterocycles. The Balaban J connectivity index is 1.73. The number of amides is 1. The van der Waals surface area contributed by atoms with Gasteiger partial charge in [0.25, 0.3) is 5.91 Å². The maximum atomic E-state index is 11.9. The molecular formula is C15H23N3O. The topological polar surface area (TPSA) is 68.0 Å². The second-order valence-electron chi connectivity index (χ2n) is 5.65. The van der Waals surface area contributed by atoms with Gasteiger partial charge >= 0.3 is 0 Å². The molecule has 19 heavy (non-hydrogen) atoms. The zero-order chi connectivity index (χ0) is 13.7. The number of hydrogen-bond acceptors (Lipinski definition) is 3. The number of rotatable bonds is 4. The van der Waals surface area contributed by atoms with Crippen LogP contribution in [-0.2, 0) is 0 Å². The Hall–Kier alpha value is -1.58. The number of carbonyl (C=O) groups excluding carboxylic acids is 1. The Kier molecular flexibility index (Phi) is 4.77. The van der Waals surface area contributed by atoms with Gasteiger partial charge in [0.15, 0.2) is 0 Å². The van der Waals surface area contributed by atoms with Crippen LogP contribution in [0.5, 0.6) is 0 Å². The van der Waals surface area contributed by atoms with E-state index in [4.69, 9.17) is 5.73 Å². The standard InChI is InChI=1S/C15H23N3O/c1-11-3-2-4-12(9-11)7-8-17-15(19)13-5-6-14(16)18-10-13/h5-6,10-12H,2-4,7-9H2,1H3,(H2,16,18)(H,17,19). The SMILES string of the molecule is CC1CCCC(CCNC(=O)c2ccc(N)nc2)C1. The van der Waals surface area contributed by atoms with E-state index in [2.05, 4.69) is 17.2 Å². The fourth-order valence-electron chi connectivity index (χ4n) is 2.85. The van der Waals surface area contributed by atoms with Gasteiger partial charge in [-0.2, -0.15) is 0 Å². The van der Waals surface area contributed by atoms with Crippen LogP contribution in [0.2, 0.25) is 0 Å². The lowest BCUT2D eigenvalue weighted by atomic mass is 9.81. The van der Waals surface area contributed by atoms with Gasteiger partial charge in [-0.15, -0.1) is 0 Å². The zero-order valence-electron chi connectivity index (χ0n) is 11.6. The molecule has 0 saturated heterocycles. The molecule has 1 aromatic rings. The van der Waals surface area contributed by atoms with Crippen LogP contribution in [0.25, 0.3) is 0 Å². The quantitative estimate of drug-likeness (QED) is 0.875. The van der Waals surface area contributed by atoms with Crippen molar-refractivity contribution in [3.63, 3.8) is 0 Å². The number of pyridine rings is 1. The predicted molar refractivity (Wildman–Crippen MR) is 76.7 cm³/mol. The Labute approximate surface area is 114 Å². The molecule has 2 atom stereocenters. The highest BCUT2D eigenvalue weighted by atomic mass is 16.1. The number of nitrogen functional groups attached to an aromatic ring is 1. The van der Waals surface area contributed by atoms with E-state index >= 15 is 0 Å². The van der Waals surface area contributed by atoms with Crippen molar-refractivity contribution in [1.29, 1.82) is 0 Å². The molecule has 4 nitrogen and oxygen atoms in total. The molecule has 2 rings (SSSR count). The summed E-state index contributed by atoms with van der Waals surface area (Å²) in [6, 6.07) is 3.36. The monoisotopic (exact) mass is 261 g/mol. The average molecular weight is 261 g/mol. The van der Waals surface area contributed by atoms with Crippen molar-refractivity contribution < 1.29 is 4.79 Å². The molecule has 1 amide bonds. The van der Waals surface area contributed by atoms with Crippen molar-refractivity contribution >= 4 is 11.7 Å². The molecule has 1 fully saturated rings. The number of nitrogens with zero attached hydrogens (tertiary/aromatic N) is 1. The number of carbonyl (C=O) groups is 1. The van der Waals surface area contributed by atoms with Gasteiger partial charge < -0.3 is 11.1 Å². The molecule has 1 aromatic heterocycles. The van der Waals surface area contributed by atoms with Crippen molar-refractivity contribution in [3.8, 4) is 0 Å². The van der Waals surface area contributed by atoms with Gasteiger partial charge in [0, 0.05) is 12.7 Å². The molecule has 0 spiro atoms. The molecule has 0 aromatic carbocycles. The van der Waals surface area contributed by atoms with Crippen LogP contribution < -0.4 is 11.1 Å². The summed E-state index contributed by atoms with van der Waals surface area (Å²) in [5.41, 5.74) is 6.07. The summed E-state index contributed by atoms with van der Waals surface area (Å²) in [5, 5.41) is 2.96. The first-order valence-electron chi connectivity index (χ1n) is 7.15. The Bertz CT molecular complexity index is 416. The summed E-state index contributed by atoms with van der Waals surface area (Å²) in [6.07, 6.45) is 7.91. The Morgan fingerprint density at radius 1 is 1.47 bits per heavy atom. The van der Waals surface area contributed by atoms with Crippen molar-refractivity contribution in [1.82, 2.24) is 10.3 Å². The minimum absolute atomic E-state index is 0.0589. The number of anilines is 1. The van der Waals surface area contributed by atoms with Crippen molar-refractivity contribution in [3.05, 3.63) is 23.9 Å². The Morgan fingerprint density at radius 2 is 2.32 bits per heavy atom. The lowest BCUT2D eigenvalue weighted by Gasteiger charge is -2.26. The highest BCUT2D eigenvalue weighted by molar-refractivity contribution is 5.93. The fourth-order valence-corrected chi connectivity index (χ4v) is 2.85. The predicted octanol–water partition coefficient (Wildman–Crippen LogP) is 2.61. The molecular weight excluding hydrogens is 238 g/mol. The van der Waals surface area contributed by atoms with E-state index < -0.39 is 0 Å². The van der Waals surface area contributed by atoms with Gasteiger partial charge in [0.2, 0.25) is 0 Å². The molecule has 0 radical (unpaired) electrons. The number of nitrogens with one attached hydrogen (secondary N) is 1. The van der Waals surface area contributed by atoms with Crippen LogP contribution in [0.4, 0.5) is 5.82 Å². The molecule has 4 heteroatoms. The van der Waals surface area contributed by atoms with Crippen LogP contribution in [-0.4, -0.2) is 17.4 Å². The lowest BCUT2D eigenvalue weighted by Crippen LogP contribution is -2.27. The van der Waals surface area contributed by atoms with Crippen LogP contribution in [0, 0.1) is 11.8 Å². The second kappa shape index (κ2) is 6.55. The van der Waals surface area contributed by atoms with Gasteiger partial charge in [0.05, 0.1) is 5.56 Å². The summed E-state index contributed by atoms with van der Waals surface area (Å²) in [7, 11) is 0. The van der Waals surface area contributed by atoms with Crippen LogP contribution >= 0.6 is 0 Å². The molecule has 1 heterocycles. The van der Waals surface area contributed by atoms with Crippen LogP contribution in [0.15, 0.2) is 18.3 Å². The minimum atomic E-state index is -0.0589. The van der Waals surface area contributed by atoms with Gasteiger partial charge in [-0.3, -0.25) is 4.79 Å². The highest BCUT2D eigenvalue weighted by Crippen LogP contribution is 2.30. The minimum Gasteiger partial charge on any atom is -0.384 e. The van der Waals surface area contributed by atoms with Gasteiger partial charge in [-0.05, 0) is 36.8 Å². The normalized spacial score (nSPS) is 23.0. The third kappa shape index (κ3) is 4.23. The molecule has 1 aliphatic rings. The van der Waals surface area contributed by atoms with Gasteiger partial charge in [-0.1, -0.05) is 26.2 Å². The third-order valence-corrected chi connectivity index (χ3v) is 3.93. The van der Waals surface area contributed by atoms with E-state index in [1.165, 1.54) is 31.9 Å². The van der Waals surface area contributed by atoms with Crippen LogP contribution in [0.1, 0.15) is 49.4 Å². The average Bonchev–Trinajstić information content (AvgIpc) is 2.39. The van der Waals surface area contributed by atoms with Crippen molar-refractivity contribution in [2.75, 3.05) is 12.3 Å². The molecule has 2 unspecified atom stereocenters. The van der Waals surface area contributed by atoms with Crippen molar-refractivity contribution in [2.45, 2.75) is 39.0 Å². The highest BCUT2D eigenvalue weighted by Gasteiger charge is 2.18. The molecule has 0 bridgehead atoms. The molecule has 1 saturated carbocycles. The van der Waals surface area contributed by atoms with E-state index in [9.17, 15) is 4.79 Å². The molecule has 104 valence electrons. The number of nitrogens with two attached hydrogens (primary N) is 1. The van der Waals surface area contributed by atoms with Crippen molar-refractivity contribution in [2.24, 2.45) is 11.8 Å². The Morgan fingerprint density at radius 3 is 3.00 bits per heavy atom. The number of aromatic nitrogens is 1. The van der Waals surface area contributed by atoms with E-state index in [-0.39, 0.29) is 5.91 Å². The smallest absolute Gasteiger partial charge is 0.252 e. The van der Waals surface area contributed by atoms with E-state index in [1.54, 1.807) is 12.1 Å². The summed E-state index contributed by atoms with van der Waals surface area (Å²) >= 11 is 0. The summed E-state index contributed by atoms with van der Waals surface area (Å²) in [5.74, 6) is 1.99. The first-order chi connectivity index (χ1) is 9.15. The third-order valence-electron chi connectivity index (χ3n) is 3.93. The molecule has 3 N–H and O–H groups in total. The summed E-state index contributed by atoms with van der Waals surface area (Å²) in [4.78, 5) is 15.8. The molecule has 1 aliphatic carbocycles. The maximum absolute atomic E-state index is 11.9. The maximum Gasteiger partial charge on any atom is 0.252 e. The summed E-state index contributed by atoms with van der Waals surface area (Å²) in [6.45, 7) is 3.07. The van der Waals surface area contributed by atoms with Crippen LogP contribution in [0.3, 0.4) is 0 Å². The number of hydrogen-bond donors (Lipinski definition) is 2. The first-order valence-corrected chi connectivity index (χ1v) is 7.15. The lowest BCUT2D eigenvalue weighted by molar-refractivity contribution is 0.0949. The fraction of sp³-hybridized carbons (Fsp3) is 0.600. The second-order valence-corrected chi connectivity index (χ2v) is 5.65. The van der Waals surface area contributed by atoms with Gasteiger partial charge in [0.1, 0.15) is 5.82 Å². The summed E-state index contributed by atoms with van der Waals surface area (Å²) < 4.78 is 0. The first kappa shape index (κ1) is 13.8. The van der Waals surface area contributed by atoms with E-state index in [0.717, 1.165) is 24.8 Å². The van der Waals surface area contributed by atoms with E-state index in [1.807, 2.05) is 0 Å². The van der Waals surface area contributed by atoms with Gasteiger partial charge in [-0.25, -0.2) is 4.98 Å².